The van der Waals surface area contributed by atoms with Gasteiger partial charge in [-0.3, -0.25) is 9.69 Å². The first-order valence-corrected chi connectivity index (χ1v) is 8.56. The lowest BCUT2D eigenvalue weighted by Crippen LogP contribution is -2.63. The summed E-state index contributed by atoms with van der Waals surface area (Å²) in [6, 6.07) is 2.14. The van der Waals surface area contributed by atoms with Crippen molar-refractivity contribution in [1.29, 1.82) is 0 Å². The molecule has 4 rings (SSSR count). The molecule has 0 saturated carbocycles. The van der Waals surface area contributed by atoms with E-state index in [0.717, 1.165) is 17.9 Å². The maximum Gasteiger partial charge on any atom is 0.246 e. The number of morpholine rings is 1. The van der Waals surface area contributed by atoms with Crippen LogP contribution >= 0.6 is 0 Å². The zero-order valence-corrected chi connectivity index (χ0v) is 14.5. The van der Waals surface area contributed by atoms with Gasteiger partial charge in [-0.25, -0.2) is 0 Å². The molecule has 134 valence electrons. The van der Waals surface area contributed by atoms with Crippen LogP contribution in [0.15, 0.2) is 21.3 Å². The van der Waals surface area contributed by atoms with E-state index < -0.39 is 0 Å². The number of likely N-dealkylation sites (tertiary alicyclic amines) is 1. The van der Waals surface area contributed by atoms with Gasteiger partial charge >= 0.3 is 0 Å². The number of hydrogen-bond acceptors (Lipinski definition) is 7. The van der Waals surface area contributed by atoms with E-state index in [9.17, 15) is 4.79 Å². The fraction of sp³-hybridized carbons (Fsp3) is 0.588. The van der Waals surface area contributed by atoms with Crippen molar-refractivity contribution in [1.82, 2.24) is 19.9 Å². The van der Waals surface area contributed by atoms with E-state index in [2.05, 4.69) is 15.0 Å². The van der Waals surface area contributed by atoms with E-state index in [0.29, 0.717) is 50.5 Å². The van der Waals surface area contributed by atoms with Gasteiger partial charge < -0.3 is 18.6 Å². The van der Waals surface area contributed by atoms with Gasteiger partial charge in [-0.2, -0.15) is 4.98 Å². The molecule has 2 aromatic rings. The summed E-state index contributed by atoms with van der Waals surface area (Å²) in [6.45, 7) is 7.20. The molecule has 8 nitrogen and oxygen atoms in total. The predicted molar refractivity (Wildman–Crippen MR) is 86.8 cm³/mol. The minimum atomic E-state index is -0.0375. The van der Waals surface area contributed by atoms with Gasteiger partial charge in [0, 0.05) is 25.7 Å². The van der Waals surface area contributed by atoms with Crippen molar-refractivity contribution in [2.45, 2.75) is 32.4 Å². The van der Waals surface area contributed by atoms with Crippen LogP contribution in [-0.4, -0.2) is 64.7 Å². The van der Waals surface area contributed by atoms with Crippen LogP contribution in [0.4, 0.5) is 0 Å². The molecule has 1 unspecified atom stereocenters. The van der Waals surface area contributed by atoms with Gasteiger partial charge in [-0.1, -0.05) is 5.16 Å². The third-order valence-electron chi connectivity index (χ3n) is 4.96. The molecule has 2 fully saturated rings. The van der Waals surface area contributed by atoms with Crippen LogP contribution in [0, 0.1) is 13.8 Å². The minimum Gasteiger partial charge on any atom is -0.469 e. The standard InChI is InChI=1S/C17H22N4O4/c1-11-3-5-24-15(11)7-16(22)20-8-13(9-20)21-4-6-23-10-14(21)17-18-12(2)19-25-17/h3,5,13-14H,4,6-10H2,1-2H3. The smallest absolute Gasteiger partial charge is 0.246 e. The first-order valence-electron chi connectivity index (χ1n) is 8.56. The number of ether oxygens (including phenoxy) is 1. The second-order valence-corrected chi connectivity index (χ2v) is 6.66. The molecule has 4 heterocycles. The largest absolute Gasteiger partial charge is 0.469 e. The number of amides is 1. The number of carbonyl (C=O) groups is 1. The van der Waals surface area contributed by atoms with Crippen molar-refractivity contribution in [3.63, 3.8) is 0 Å². The van der Waals surface area contributed by atoms with E-state index in [4.69, 9.17) is 13.7 Å². The van der Waals surface area contributed by atoms with Gasteiger partial charge in [-0.15, -0.1) is 0 Å². The molecule has 2 aliphatic rings. The Morgan fingerprint density at radius 3 is 2.88 bits per heavy atom. The molecular weight excluding hydrogens is 324 g/mol. The monoisotopic (exact) mass is 346 g/mol. The Bertz CT molecular complexity index is 749. The molecule has 0 aromatic carbocycles. The Morgan fingerprint density at radius 1 is 1.36 bits per heavy atom. The van der Waals surface area contributed by atoms with Gasteiger partial charge in [0.25, 0.3) is 0 Å². The van der Waals surface area contributed by atoms with Gasteiger partial charge in [0.2, 0.25) is 11.8 Å². The second-order valence-electron chi connectivity index (χ2n) is 6.66. The molecule has 8 heteroatoms. The molecule has 0 N–H and O–H groups in total. The van der Waals surface area contributed by atoms with Crippen LogP contribution in [-0.2, 0) is 16.0 Å². The molecule has 1 amide bonds. The summed E-state index contributed by atoms with van der Waals surface area (Å²) in [5.41, 5.74) is 1.02. The number of aryl methyl sites for hydroxylation is 2. The summed E-state index contributed by atoms with van der Waals surface area (Å²) < 4.78 is 16.3. The molecule has 2 aliphatic heterocycles. The number of rotatable bonds is 4. The molecule has 0 radical (unpaired) electrons. The van der Waals surface area contributed by atoms with Crippen molar-refractivity contribution in [2.24, 2.45) is 0 Å². The SMILES string of the molecule is Cc1noc(C2COCCN2C2CN(C(=O)Cc3occc3C)C2)n1. The van der Waals surface area contributed by atoms with Crippen LogP contribution in [0.3, 0.4) is 0 Å². The molecular formula is C17H22N4O4. The third-order valence-corrected chi connectivity index (χ3v) is 4.96. The zero-order chi connectivity index (χ0) is 17.4. The van der Waals surface area contributed by atoms with E-state index in [1.54, 1.807) is 13.2 Å². The van der Waals surface area contributed by atoms with Gasteiger partial charge in [-0.05, 0) is 25.5 Å². The highest BCUT2D eigenvalue weighted by atomic mass is 16.5. The predicted octanol–water partition coefficient (Wildman–Crippen LogP) is 1.11. The highest BCUT2D eigenvalue weighted by Gasteiger charge is 2.41. The van der Waals surface area contributed by atoms with Crippen molar-refractivity contribution in [3.05, 3.63) is 35.4 Å². The summed E-state index contributed by atoms with van der Waals surface area (Å²) >= 11 is 0. The minimum absolute atomic E-state index is 0.0375. The van der Waals surface area contributed by atoms with Crippen LogP contribution < -0.4 is 0 Å². The van der Waals surface area contributed by atoms with Crippen LogP contribution in [0.1, 0.15) is 29.1 Å². The molecule has 0 bridgehead atoms. The van der Waals surface area contributed by atoms with Gasteiger partial charge in [0.05, 0.1) is 25.9 Å². The van der Waals surface area contributed by atoms with Crippen LogP contribution in [0.25, 0.3) is 0 Å². The average molecular weight is 346 g/mol. The molecule has 1 atom stereocenters. The zero-order valence-electron chi connectivity index (χ0n) is 14.5. The lowest BCUT2D eigenvalue weighted by atomic mass is 10.0. The normalized spacial score (nSPS) is 22.2. The lowest BCUT2D eigenvalue weighted by molar-refractivity contribution is -0.142. The Balaban J connectivity index is 1.37. The Hall–Kier alpha value is -2.19. The highest BCUT2D eigenvalue weighted by molar-refractivity contribution is 5.79. The number of furan rings is 1. The summed E-state index contributed by atoms with van der Waals surface area (Å²) in [4.78, 5) is 20.9. The topological polar surface area (TPSA) is 84.8 Å². The average Bonchev–Trinajstić information content (AvgIpc) is 3.15. The van der Waals surface area contributed by atoms with Gasteiger partial charge in [0.15, 0.2) is 5.82 Å². The first kappa shape index (κ1) is 16.3. The molecule has 0 spiro atoms. The van der Waals surface area contributed by atoms with Crippen molar-refractivity contribution in [3.8, 4) is 0 Å². The molecule has 2 saturated heterocycles. The molecule has 2 aromatic heterocycles. The highest BCUT2D eigenvalue weighted by Crippen LogP contribution is 2.29. The second kappa shape index (κ2) is 6.61. The van der Waals surface area contributed by atoms with E-state index >= 15 is 0 Å². The fourth-order valence-electron chi connectivity index (χ4n) is 3.42. The van der Waals surface area contributed by atoms with Crippen molar-refractivity contribution in [2.75, 3.05) is 32.8 Å². The summed E-state index contributed by atoms with van der Waals surface area (Å²) in [7, 11) is 0. The summed E-state index contributed by atoms with van der Waals surface area (Å²) in [5.74, 6) is 2.07. The third kappa shape index (κ3) is 3.19. The molecule has 25 heavy (non-hydrogen) atoms. The quantitative estimate of drug-likeness (QED) is 0.820. The van der Waals surface area contributed by atoms with Crippen LogP contribution in [0.2, 0.25) is 0 Å². The number of hydrogen-bond donors (Lipinski definition) is 0. The van der Waals surface area contributed by atoms with E-state index in [1.165, 1.54) is 0 Å². The van der Waals surface area contributed by atoms with Crippen molar-refractivity contribution < 1.29 is 18.5 Å². The number of carbonyl (C=O) groups excluding carboxylic acids is 1. The maximum atomic E-state index is 12.4. The lowest BCUT2D eigenvalue weighted by Gasteiger charge is -2.48. The van der Waals surface area contributed by atoms with Gasteiger partial charge in [0.1, 0.15) is 11.8 Å². The maximum absolute atomic E-state index is 12.4. The Kier molecular flexibility index (Phi) is 4.30. The number of nitrogens with zero attached hydrogens (tertiary/aromatic N) is 4. The van der Waals surface area contributed by atoms with Crippen LogP contribution in [0.5, 0.6) is 0 Å². The Morgan fingerprint density at radius 2 is 2.20 bits per heavy atom. The summed E-state index contributed by atoms with van der Waals surface area (Å²) in [5, 5.41) is 3.88. The van der Waals surface area contributed by atoms with E-state index in [-0.39, 0.29) is 11.9 Å². The number of aromatic nitrogens is 2. The summed E-state index contributed by atoms with van der Waals surface area (Å²) in [6.07, 6.45) is 1.95. The van der Waals surface area contributed by atoms with E-state index in [1.807, 2.05) is 17.9 Å². The van der Waals surface area contributed by atoms with Crippen molar-refractivity contribution >= 4 is 5.91 Å². The fourth-order valence-corrected chi connectivity index (χ4v) is 3.42. The first-order chi connectivity index (χ1) is 12.1. The molecule has 0 aliphatic carbocycles. The Labute approximate surface area is 145 Å².